The molecule has 3 nitrogen and oxygen atoms in total. The Morgan fingerprint density at radius 2 is 2.29 bits per heavy atom. The summed E-state index contributed by atoms with van der Waals surface area (Å²) in [5.74, 6) is 0. The van der Waals surface area contributed by atoms with E-state index >= 15 is 0 Å². The summed E-state index contributed by atoms with van der Waals surface area (Å²) in [5.41, 5.74) is 5.34. The van der Waals surface area contributed by atoms with Crippen LogP contribution in [-0.4, -0.2) is 12.1 Å². The standard InChI is InChI=1S/C4H8N2O/c5-3-1-2-4(3)6-7/h3-4H,1-2,5H2. The smallest absolute Gasteiger partial charge is 0.107 e. The normalized spacial score (nSPS) is 39.6. The van der Waals surface area contributed by atoms with Gasteiger partial charge in [0.1, 0.15) is 6.04 Å². The molecular weight excluding hydrogens is 92.1 g/mol. The third kappa shape index (κ3) is 0.632. The minimum Gasteiger partial charge on any atom is -0.326 e. The van der Waals surface area contributed by atoms with Gasteiger partial charge >= 0.3 is 0 Å². The molecule has 0 saturated heterocycles. The molecule has 1 rings (SSSR count). The second-order valence-electron chi connectivity index (χ2n) is 1.91. The number of nitroso groups, excluding NO2 is 1. The first-order valence-corrected chi connectivity index (χ1v) is 2.42. The van der Waals surface area contributed by atoms with Crippen molar-refractivity contribution in [2.75, 3.05) is 0 Å². The fraction of sp³-hybridized carbons (Fsp3) is 1.00. The quantitative estimate of drug-likeness (QED) is 0.480. The van der Waals surface area contributed by atoms with E-state index in [1.165, 1.54) is 0 Å². The van der Waals surface area contributed by atoms with Crippen molar-refractivity contribution in [1.82, 2.24) is 0 Å². The molecule has 0 aliphatic heterocycles. The largest absolute Gasteiger partial charge is 0.326 e. The van der Waals surface area contributed by atoms with Gasteiger partial charge in [-0.15, -0.1) is 0 Å². The molecule has 0 aromatic carbocycles. The predicted molar refractivity (Wildman–Crippen MR) is 26.8 cm³/mol. The van der Waals surface area contributed by atoms with E-state index in [2.05, 4.69) is 5.18 Å². The number of hydrogen-bond donors (Lipinski definition) is 1. The van der Waals surface area contributed by atoms with Gasteiger partial charge in [0, 0.05) is 6.04 Å². The van der Waals surface area contributed by atoms with Gasteiger partial charge in [0.2, 0.25) is 0 Å². The Hall–Kier alpha value is -0.440. The molecule has 0 heterocycles. The molecule has 1 saturated carbocycles. The second-order valence-corrected chi connectivity index (χ2v) is 1.91. The maximum absolute atomic E-state index is 9.67. The van der Waals surface area contributed by atoms with E-state index < -0.39 is 0 Å². The summed E-state index contributed by atoms with van der Waals surface area (Å²) < 4.78 is 0. The summed E-state index contributed by atoms with van der Waals surface area (Å²) in [6, 6.07) is -0.00231. The zero-order valence-electron chi connectivity index (χ0n) is 4.00. The number of nitrogens with zero attached hydrogens (tertiary/aromatic N) is 1. The van der Waals surface area contributed by atoms with Crippen molar-refractivity contribution in [3.05, 3.63) is 4.91 Å². The van der Waals surface area contributed by atoms with Crippen molar-refractivity contribution >= 4 is 0 Å². The minimum absolute atomic E-state index is 0.0671. The van der Waals surface area contributed by atoms with Gasteiger partial charge in [0.05, 0.1) is 0 Å². The molecule has 2 atom stereocenters. The van der Waals surface area contributed by atoms with Crippen LogP contribution in [0.4, 0.5) is 0 Å². The van der Waals surface area contributed by atoms with E-state index in [9.17, 15) is 4.91 Å². The first-order valence-electron chi connectivity index (χ1n) is 2.42. The lowest BCUT2D eigenvalue weighted by atomic mass is 9.88. The van der Waals surface area contributed by atoms with Crippen molar-refractivity contribution in [3.8, 4) is 0 Å². The van der Waals surface area contributed by atoms with Crippen LogP contribution in [0.1, 0.15) is 12.8 Å². The molecule has 1 aliphatic carbocycles. The van der Waals surface area contributed by atoms with Crippen molar-refractivity contribution in [2.45, 2.75) is 24.9 Å². The molecule has 40 valence electrons. The molecule has 7 heavy (non-hydrogen) atoms. The highest BCUT2D eigenvalue weighted by Gasteiger charge is 2.27. The van der Waals surface area contributed by atoms with Gasteiger partial charge in [-0.2, -0.15) is 4.91 Å². The molecule has 0 spiro atoms. The third-order valence-corrected chi connectivity index (χ3v) is 1.43. The third-order valence-electron chi connectivity index (χ3n) is 1.43. The van der Waals surface area contributed by atoms with Crippen LogP contribution in [0.3, 0.4) is 0 Å². The number of nitrogens with two attached hydrogens (primary N) is 1. The average Bonchev–Trinajstić information content (AvgIpc) is 1.65. The highest BCUT2D eigenvalue weighted by molar-refractivity contribution is 4.89. The molecule has 0 amide bonds. The summed E-state index contributed by atoms with van der Waals surface area (Å²) in [4.78, 5) is 9.67. The van der Waals surface area contributed by atoms with Crippen LogP contribution in [0.5, 0.6) is 0 Å². The summed E-state index contributed by atoms with van der Waals surface area (Å²) in [6.45, 7) is 0. The summed E-state index contributed by atoms with van der Waals surface area (Å²) >= 11 is 0. The van der Waals surface area contributed by atoms with Crippen molar-refractivity contribution < 1.29 is 0 Å². The molecule has 3 heteroatoms. The van der Waals surface area contributed by atoms with Crippen LogP contribution in [0, 0.1) is 4.91 Å². The first kappa shape index (κ1) is 4.71. The summed E-state index contributed by atoms with van der Waals surface area (Å²) in [5, 5.41) is 2.80. The summed E-state index contributed by atoms with van der Waals surface area (Å²) in [6.07, 6.45) is 1.86. The monoisotopic (exact) mass is 100 g/mol. The molecule has 2 N–H and O–H groups in total. The van der Waals surface area contributed by atoms with E-state index in [1.807, 2.05) is 0 Å². The SMILES string of the molecule is NC1CCC1N=O. The van der Waals surface area contributed by atoms with Crippen molar-refractivity contribution in [2.24, 2.45) is 10.9 Å². The second kappa shape index (κ2) is 1.58. The molecular formula is C4H8N2O. The van der Waals surface area contributed by atoms with Gasteiger partial charge in [0.25, 0.3) is 0 Å². The van der Waals surface area contributed by atoms with Gasteiger partial charge in [0.15, 0.2) is 0 Å². The highest BCUT2D eigenvalue weighted by atomic mass is 16.3. The van der Waals surface area contributed by atoms with Gasteiger partial charge in [-0.05, 0) is 12.8 Å². The average molecular weight is 100 g/mol. The Labute approximate surface area is 41.9 Å². The Morgan fingerprint density at radius 1 is 1.57 bits per heavy atom. The summed E-state index contributed by atoms with van der Waals surface area (Å²) in [7, 11) is 0. The zero-order chi connectivity index (χ0) is 5.28. The predicted octanol–water partition coefficient (Wildman–Crippen LogP) is 0.242. The Balaban J connectivity index is 2.28. The molecule has 0 aromatic heterocycles. The van der Waals surface area contributed by atoms with Crippen molar-refractivity contribution in [3.63, 3.8) is 0 Å². The number of hydrogen-bond acceptors (Lipinski definition) is 3. The highest BCUT2D eigenvalue weighted by Crippen LogP contribution is 2.19. The first-order chi connectivity index (χ1) is 3.34. The van der Waals surface area contributed by atoms with Crippen LogP contribution >= 0.6 is 0 Å². The van der Waals surface area contributed by atoms with E-state index in [4.69, 9.17) is 5.73 Å². The van der Waals surface area contributed by atoms with E-state index in [1.54, 1.807) is 0 Å². The van der Waals surface area contributed by atoms with Gasteiger partial charge in [-0.25, -0.2) is 0 Å². The molecule has 0 aromatic rings. The van der Waals surface area contributed by atoms with Gasteiger partial charge < -0.3 is 5.73 Å². The van der Waals surface area contributed by atoms with E-state index in [0.717, 1.165) is 12.8 Å². The maximum Gasteiger partial charge on any atom is 0.107 e. The zero-order valence-corrected chi connectivity index (χ0v) is 4.00. The molecule has 0 bridgehead atoms. The van der Waals surface area contributed by atoms with Crippen LogP contribution in [-0.2, 0) is 0 Å². The van der Waals surface area contributed by atoms with Crippen molar-refractivity contribution in [1.29, 1.82) is 0 Å². The number of rotatable bonds is 1. The molecule has 1 fully saturated rings. The Morgan fingerprint density at radius 3 is 2.29 bits per heavy atom. The lowest BCUT2D eigenvalue weighted by Gasteiger charge is -2.26. The molecule has 2 unspecified atom stereocenters. The van der Waals surface area contributed by atoms with Gasteiger partial charge in [-0.3, -0.25) is 0 Å². The fourth-order valence-corrected chi connectivity index (χ4v) is 0.639. The maximum atomic E-state index is 9.67. The Kier molecular flexibility index (Phi) is 1.06. The molecule has 1 aliphatic rings. The van der Waals surface area contributed by atoms with Crippen LogP contribution < -0.4 is 5.73 Å². The minimum atomic E-state index is -0.0694. The fourth-order valence-electron chi connectivity index (χ4n) is 0.639. The lowest BCUT2D eigenvalue weighted by molar-refractivity contribution is 0.347. The van der Waals surface area contributed by atoms with E-state index in [-0.39, 0.29) is 12.1 Å². The van der Waals surface area contributed by atoms with E-state index in [0.29, 0.717) is 0 Å². The van der Waals surface area contributed by atoms with Crippen LogP contribution in [0.25, 0.3) is 0 Å². The molecule has 0 radical (unpaired) electrons. The Bertz CT molecular complexity index is 83.8. The van der Waals surface area contributed by atoms with Crippen LogP contribution in [0.2, 0.25) is 0 Å². The topological polar surface area (TPSA) is 55.4 Å². The lowest BCUT2D eigenvalue weighted by Crippen LogP contribution is -2.42. The van der Waals surface area contributed by atoms with Crippen LogP contribution in [0.15, 0.2) is 5.18 Å². The van der Waals surface area contributed by atoms with Gasteiger partial charge in [-0.1, -0.05) is 5.18 Å².